The summed E-state index contributed by atoms with van der Waals surface area (Å²) in [4.78, 5) is 19.7. The van der Waals surface area contributed by atoms with Gasteiger partial charge >= 0.3 is 0 Å². The van der Waals surface area contributed by atoms with Gasteiger partial charge in [-0.15, -0.1) is 10.2 Å². The molecule has 0 aliphatic heterocycles. The molecule has 7 rings (SSSR count). The normalized spacial score (nSPS) is 30.4. The second kappa shape index (κ2) is 7.57. The lowest BCUT2D eigenvalue weighted by molar-refractivity contribution is -0.157. The molecule has 1 N–H and O–H groups in total. The van der Waals surface area contributed by atoms with Crippen molar-refractivity contribution in [2.45, 2.75) is 51.0 Å². The number of rotatable bonds is 5. The average molecular weight is 442 g/mol. The number of carbonyl (C=O) groups excluding carboxylic acids is 1. The standard InChI is InChI=1S/C25H27N7O/c1-17-27-31-32(30-17)25-14-18-11-19(15-25)13-24(12-18,16-25)23(33)29-28-22(20-5-3-2-4-6-20)21-7-9-26-10-8-21/h2-10,18-19H,11-16H2,1H3,(H,29,33)/b28-22-/t18-,19-,24?,25?/m1/s1. The molecule has 8 nitrogen and oxygen atoms in total. The summed E-state index contributed by atoms with van der Waals surface area (Å²) >= 11 is 0. The molecule has 4 aliphatic rings. The van der Waals surface area contributed by atoms with Gasteiger partial charge in [-0.05, 0) is 74.6 Å². The Morgan fingerprint density at radius 2 is 1.73 bits per heavy atom. The fourth-order valence-electron chi connectivity index (χ4n) is 6.83. The number of aryl methyl sites for hydroxylation is 1. The maximum Gasteiger partial charge on any atom is 0.246 e. The van der Waals surface area contributed by atoms with Gasteiger partial charge in [-0.2, -0.15) is 9.90 Å². The zero-order chi connectivity index (χ0) is 22.5. The Hall–Kier alpha value is -3.42. The minimum Gasteiger partial charge on any atom is -0.273 e. The van der Waals surface area contributed by atoms with Gasteiger partial charge in [0.1, 0.15) is 0 Å². The maximum absolute atomic E-state index is 13.7. The molecule has 0 radical (unpaired) electrons. The number of pyridine rings is 1. The van der Waals surface area contributed by atoms with Crippen molar-refractivity contribution in [1.29, 1.82) is 0 Å². The van der Waals surface area contributed by atoms with Crippen molar-refractivity contribution >= 4 is 11.6 Å². The van der Waals surface area contributed by atoms with Crippen LogP contribution in [0, 0.1) is 24.2 Å². The molecule has 8 heteroatoms. The van der Waals surface area contributed by atoms with Gasteiger partial charge in [0.05, 0.1) is 16.7 Å². The summed E-state index contributed by atoms with van der Waals surface area (Å²) in [7, 11) is 0. The average Bonchev–Trinajstić information content (AvgIpc) is 3.27. The molecule has 4 fully saturated rings. The largest absolute Gasteiger partial charge is 0.273 e. The van der Waals surface area contributed by atoms with E-state index in [0.29, 0.717) is 17.7 Å². The van der Waals surface area contributed by atoms with E-state index in [9.17, 15) is 4.79 Å². The van der Waals surface area contributed by atoms with Crippen molar-refractivity contribution in [2.24, 2.45) is 22.4 Å². The van der Waals surface area contributed by atoms with E-state index < -0.39 is 5.41 Å². The molecule has 4 bridgehead atoms. The molecule has 4 saturated carbocycles. The SMILES string of the molecule is Cc1nnn(C23C[C@@H]4C[C@H](CC(C(=O)N/N=C(/c5ccccc5)c5ccncc5)(C4)C2)C3)n1. The first-order valence-corrected chi connectivity index (χ1v) is 11.7. The molecular weight excluding hydrogens is 414 g/mol. The summed E-state index contributed by atoms with van der Waals surface area (Å²) in [5.74, 6) is 1.72. The van der Waals surface area contributed by atoms with Crippen molar-refractivity contribution in [2.75, 3.05) is 0 Å². The number of aromatic nitrogens is 5. The highest BCUT2D eigenvalue weighted by Gasteiger charge is 2.62. The number of tetrazole rings is 1. The van der Waals surface area contributed by atoms with Crippen molar-refractivity contribution < 1.29 is 4.79 Å². The molecule has 2 aromatic heterocycles. The summed E-state index contributed by atoms with van der Waals surface area (Å²) in [6.07, 6.45) is 9.32. The molecule has 1 amide bonds. The third kappa shape index (κ3) is 3.44. The maximum atomic E-state index is 13.7. The van der Waals surface area contributed by atoms with Crippen LogP contribution in [-0.4, -0.2) is 36.8 Å². The summed E-state index contributed by atoms with van der Waals surface area (Å²) in [6, 6.07) is 13.8. The molecular formula is C25H27N7O. The van der Waals surface area contributed by atoms with Crippen LogP contribution < -0.4 is 5.43 Å². The molecule has 168 valence electrons. The molecule has 4 aliphatic carbocycles. The Morgan fingerprint density at radius 3 is 2.39 bits per heavy atom. The Kier molecular flexibility index (Phi) is 4.64. The van der Waals surface area contributed by atoms with Gasteiger partial charge in [0.25, 0.3) is 0 Å². The van der Waals surface area contributed by atoms with Gasteiger partial charge in [-0.25, -0.2) is 5.43 Å². The fourth-order valence-corrected chi connectivity index (χ4v) is 6.83. The second-order valence-corrected chi connectivity index (χ2v) is 10.1. The van der Waals surface area contributed by atoms with Crippen LogP contribution in [0.25, 0.3) is 0 Å². The zero-order valence-electron chi connectivity index (χ0n) is 18.7. The number of hydrazone groups is 1. The van der Waals surface area contributed by atoms with E-state index in [-0.39, 0.29) is 11.4 Å². The first kappa shape index (κ1) is 20.2. The number of nitrogens with zero attached hydrogens (tertiary/aromatic N) is 6. The lowest BCUT2D eigenvalue weighted by Gasteiger charge is -2.60. The Bertz CT molecular complexity index is 1150. The van der Waals surface area contributed by atoms with E-state index in [1.165, 1.54) is 6.42 Å². The monoisotopic (exact) mass is 441 g/mol. The van der Waals surface area contributed by atoms with Crippen molar-refractivity contribution in [3.8, 4) is 0 Å². The van der Waals surface area contributed by atoms with Gasteiger partial charge in [0, 0.05) is 23.5 Å². The van der Waals surface area contributed by atoms with Crippen LogP contribution >= 0.6 is 0 Å². The van der Waals surface area contributed by atoms with Crippen molar-refractivity contribution in [3.05, 3.63) is 71.8 Å². The van der Waals surface area contributed by atoms with Gasteiger partial charge in [0.2, 0.25) is 5.91 Å². The van der Waals surface area contributed by atoms with E-state index in [1.54, 1.807) is 12.4 Å². The molecule has 2 atom stereocenters. The third-order valence-corrected chi connectivity index (χ3v) is 7.72. The Morgan fingerprint density at radius 1 is 1.03 bits per heavy atom. The Labute approximate surface area is 192 Å². The smallest absolute Gasteiger partial charge is 0.246 e. The van der Waals surface area contributed by atoms with E-state index in [0.717, 1.165) is 48.9 Å². The highest BCUT2D eigenvalue weighted by atomic mass is 16.2. The van der Waals surface area contributed by atoms with E-state index in [4.69, 9.17) is 0 Å². The van der Waals surface area contributed by atoms with Crippen LogP contribution in [0.4, 0.5) is 0 Å². The highest BCUT2D eigenvalue weighted by molar-refractivity contribution is 6.13. The van der Waals surface area contributed by atoms with Crippen LogP contribution in [-0.2, 0) is 10.3 Å². The van der Waals surface area contributed by atoms with Crippen molar-refractivity contribution in [3.63, 3.8) is 0 Å². The predicted molar refractivity (Wildman–Crippen MR) is 122 cm³/mol. The van der Waals surface area contributed by atoms with E-state index in [2.05, 4.69) is 30.9 Å². The van der Waals surface area contributed by atoms with Gasteiger partial charge in [-0.3, -0.25) is 9.78 Å². The lowest BCUT2D eigenvalue weighted by atomic mass is 9.46. The second-order valence-electron chi connectivity index (χ2n) is 10.1. The lowest BCUT2D eigenvalue weighted by Crippen LogP contribution is -2.61. The predicted octanol–water partition coefficient (Wildman–Crippen LogP) is 3.24. The summed E-state index contributed by atoms with van der Waals surface area (Å²) in [5, 5.41) is 17.7. The van der Waals surface area contributed by atoms with Crippen LogP contribution in [0.1, 0.15) is 55.5 Å². The van der Waals surface area contributed by atoms with Gasteiger partial charge in [0.15, 0.2) is 5.82 Å². The summed E-state index contributed by atoms with van der Waals surface area (Å²) in [5.41, 5.74) is 4.93. The fraction of sp³-hybridized carbons (Fsp3) is 0.440. The number of carbonyl (C=O) groups is 1. The molecule has 3 aromatic rings. The molecule has 33 heavy (non-hydrogen) atoms. The van der Waals surface area contributed by atoms with E-state index in [1.807, 2.05) is 54.2 Å². The Balaban J connectivity index is 1.32. The van der Waals surface area contributed by atoms with Crippen LogP contribution in [0.5, 0.6) is 0 Å². The number of hydrogen-bond donors (Lipinski definition) is 1. The highest BCUT2D eigenvalue weighted by Crippen LogP contribution is 2.64. The number of hydrogen-bond acceptors (Lipinski definition) is 6. The molecule has 0 saturated heterocycles. The first-order valence-electron chi connectivity index (χ1n) is 11.7. The summed E-state index contributed by atoms with van der Waals surface area (Å²) in [6.45, 7) is 1.87. The van der Waals surface area contributed by atoms with Gasteiger partial charge in [-0.1, -0.05) is 30.3 Å². The van der Waals surface area contributed by atoms with Gasteiger partial charge < -0.3 is 0 Å². The van der Waals surface area contributed by atoms with Crippen LogP contribution in [0.3, 0.4) is 0 Å². The molecule has 1 aromatic carbocycles. The van der Waals surface area contributed by atoms with E-state index >= 15 is 0 Å². The molecule has 0 spiro atoms. The first-order chi connectivity index (χ1) is 16.1. The quantitative estimate of drug-likeness (QED) is 0.484. The van der Waals surface area contributed by atoms with Crippen LogP contribution in [0.15, 0.2) is 60.0 Å². The zero-order valence-corrected chi connectivity index (χ0v) is 18.7. The third-order valence-electron chi connectivity index (χ3n) is 7.72. The summed E-state index contributed by atoms with van der Waals surface area (Å²) < 4.78 is 0. The number of benzene rings is 1. The molecule has 0 unspecified atom stereocenters. The minimum atomic E-state index is -0.435. The number of amides is 1. The van der Waals surface area contributed by atoms with Crippen LogP contribution in [0.2, 0.25) is 0 Å². The molecule has 2 heterocycles. The minimum absolute atomic E-state index is 0.0142. The topological polar surface area (TPSA) is 98.0 Å². The van der Waals surface area contributed by atoms with Crippen molar-refractivity contribution in [1.82, 2.24) is 30.6 Å². The number of nitrogens with one attached hydrogen (secondary N) is 1.